The predicted molar refractivity (Wildman–Crippen MR) is 65.9 cm³/mol. The Morgan fingerprint density at radius 3 is 3.06 bits per heavy atom. The van der Waals surface area contributed by atoms with Crippen molar-refractivity contribution in [2.24, 2.45) is 0 Å². The predicted octanol–water partition coefficient (Wildman–Crippen LogP) is 2.45. The molecule has 0 aliphatic carbocycles. The van der Waals surface area contributed by atoms with Crippen LogP contribution < -0.4 is 10.1 Å². The molecule has 0 saturated carbocycles. The van der Waals surface area contributed by atoms with Crippen LogP contribution in [0.25, 0.3) is 0 Å². The number of halogens is 1. The van der Waals surface area contributed by atoms with Gasteiger partial charge in [0.15, 0.2) is 0 Å². The molecule has 0 aliphatic rings. The van der Waals surface area contributed by atoms with Gasteiger partial charge in [-0.05, 0) is 17.5 Å². The van der Waals surface area contributed by atoms with E-state index in [0.717, 1.165) is 0 Å². The van der Waals surface area contributed by atoms with Gasteiger partial charge in [0.25, 0.3) is 5.91 Å². The molecule has 0 saturated heterocycles. The number of amides is 1. The molecule has 7 heteroatoms. The number of methoxy groups -OCH3 is 1. The van der Waals surface area contributed by atoms with Crippen molar-refractivity contribution in [3.8, 4) is 5.75 Å². The molecular weight excluding hydrogens is 262 g/mol. The maximum Gasteiger partial charge on any atom is 0.271 e. The Kier molecular flexibility index (Phi) is 3.55. The van der Waals surface area contributed by atoms with Crippen molar-refractivity contribution >= 4 is 34.8 Å². The van der Waals surface area contributed by atoms with E-state index in [1.807, 2.05) is 0 Å². The van der Waals surface area contributed by atoms with Crippen LogP contribution in [0, 0.1) is 0 Å². The third kappa shape index (κ3) is 2.72. The lowest BCUT2D eigenvalue weighted by Gasteiger charge is -2.03. The SMILES string of the molecule is COc1ccsc1C(=O)Nc1nccc(Cl)n1. The number of nitrogens with zero attached hydrogens (tertiary/aromatic N) is 2. The van der Waals surface area contributed by atoms with Gasteiger partial charge in [-0.15, -0.1) is 11.3 Å². The molecule has 0 aliphatic heterocycles. The molecule has 0 atom stereocenters. The third-order valence-corrected chi connectivity index (χ3v) is 3.01. The fraction of sp³-hybridized carbons (Fsp3) is 0.100. The first-order valence-corrected chi connectivity index (χ1v) is 5.88. The minimum atomic E-state index is -0.320. The number of hydrogen-bond acceptors (Lipinski definition) is 5. The lowest BCUT2D eigenvalue weighted by atomic mass is 10.4. The summed E-state index contributed by atoms with van der Waals surface area (Å²) in [6.45, 7) is 0. The van der Waals surface area contributed by atoms with Crippen LogP contribution in [0.3, 0.4) is 0 Å². The quantitative estimate of drug-likeness (QED) is 0.870. The number of carbonyl (C=O) groups is 1. The second kappa shape index (κ2) is 5.11. The summed E-state index contributed by atoms with van der Waals surface area (Å²) in [6, 6.07) is 3.25. The van der Waals surface area contributed by atoms with E-state index in [1.165, 1.54) is 30.7 Å². The molecule has 2 rings (SSSR count). The topological polar surface area (TPSA) is 64.1 Å². The van der Waals surface area contributed by atoms with Crippen LogP contribution in [-0.4, -0.2) is 23.0 Å². The number of ether oxygens (including phenoxy) is 1. The lowest BCUT2D eigenvalue weighted by molar-refractivity contribution is 0.102. The molecule has 0 spiro atoms. The van der Waals surface area contributed by atoms with Gasteiger partial charge in [0.2, 0.25) is 5.95 Å². The number of nitrogens with one attached hydrogen (secondary N) is 1. The van der Waals surface area contributed by atoms with E-state index in [0.29, 0.717) is 10.6 Å². The average molecular weight is 270 g/mol. The smallest absolute Gasteiger partial charge is 0.271 e. The molecule has 0 unspecified atom stereocenters. The van der Waals surface area contributed by atoms with Crippen LogP contribution in [-0.2, 0) is 0 Å². The highest BCUT2D eigenvalue weighted by molar-refractivity contribution is 7.12. The van der Waals surface area contributed by atoms with Gasteiger partial charge in [-0.25, -0.2) is 9.97 Å². The number of thiophene rings is 1. The highest BCUT2D eigenvalue weighted by Crippen LogP contribution is 2.24. The largest absolute Gasteiger partial charge is 0.495 e. The first-order chi connectivity index (χ1) is 8.20. The number of rotatable bonds is 3. The van der Waals surface area contributed by atoms with Gasteiger partial charge in [-0.3, -0.25) is 10.1 Å². The fourth-order valence-electron chi connectivity index (χ4n) is 1.18. The summed E-state index contributed by atoms with van der Waals surface area (Å²) in [5.41, 5.74) is 0. The maximum atomic E-state index is 11.9. The van der Waals surface area contributed by atoms with E-state index in [9.17, 15) is 4.79 Å². The van der Waals surface area contributed by atoms with Crippen LogP contribution in [0.5, 0.6) is 5.75 Å². The van der Waals surface area contributed by atoms with Crippen molar-refractivity contribution in [2.75, 3.05) is 12.4 Å². The number of aromatic nitrogens is 2. The zero-order valence-electron chi connectivity index (χ0n) is 8.81. The number of carbonyl (C=O) groups excluding carboxylic acids is 1. The molecule has 2 aromatic heterocycles. The van der Waals surface area contributed by atoms with E-state index in [2.05, 4.69) is 15.3 Å². The van der Waals surface area contributed by atoms with Gasteiger partial charge in [0.05, 0.1) is 7.11 Å². The Morgan fingerprint density at radius 2 is 2.35 bits per heavy atom. The van der Waals surface area contributed by atoms with Gasteiger partial charge in [0, 0.05) is 6.20 Å². The van der Waals surface area contributed by atoms with Crippen molar-refractivity contribution in [1.29, 1.82) is 0 Å². The summed E-state index contributed by atoms with van der Waals surface area (Å²) in [5, 5.41) is 4.59. The van der Waals surface area contributed by atoms with E-state index < -0.39 is 0 Å². The van der Waals surface area contributed by atoms with Crippen molar-refractivity contribution in [3.05, 3.63) is 33.7 Å². The summed E-state index contributed by atoms with van der Waals surface area (Å²) < 4.78 is 5.05. The highest BCUT2D eigenvalue weighted by Gasteiger charge is 2.14. The molecule has 1 N–H and O–H groups in total. The van der Waals surface area contributed by atoms with Crippen LogP contribution >= 0.6 is 22.9 Å². The normalized spacial score (nSPS) is 10.0. The molecule has 0 fully saturated rings. The molecule has 17 heavy (non-hydrogen) atoms. The van der Waals surface area contributed by atoms with E-state index >= 15 is 0 Å². The van der Waals surface area contributed by atoms with Crippen molar-refractivity contribution in [3.63, 3.8) is 0 Å². The lowest BCUT2D eigenvalue weighted by Crippen LogP contribution is -2.13. The van der Waals surface area contributed by atoms with Crippen LogP contribution in [0.1, 0.15) is 9.67 Å². The van der Waals surface area contributed by atoms with Gasteiger partial charge in [0.1, 0.15) is 15.8 Å². The molecule has 88 valence electrons. The van der Waals surface area contributed by atoms with Crippen LogP contribution in [0.2, 0.25) is 5.15 Å². The van der Waals surface area contributed by atoms with E-state index in [4.69, 9.17) is 16.3 Å². The Bertz CT molecular complexity index is 544. The summed E-state index contributed by atoms with van der Waals surface area (Å²) in [5.74, 6) is 0.367. The molecule has 0 radical (unpaired) electrons. The summed E-state index contributed by atoms with van der Waals surface area (Å²) in [7, 11) is 1.51. The molecule has 2 aromatic rings. The molecule has 2 heterocycles. The zero-order valence-corrected chi connectivity index (χ0v) is 10.4. The Hall–Kier alpha value is -1.66. The van der Waals surface area contributed by atoms with Crippen molar-refractivity contribution < 1.29 is 9.53 Å². The Balaban J connectivity index is 2.17. The molecular formula is C10H8ClN3O2S. The summed E-state index contributed by atoms with van der Waals surface area (Å²) in [6.07, 6.45) is 1.47. The monoisotopic (exact) mass is 269 g/mol. The van der Waals surface area contributed by atoms with Crippen LogP contribution in [0.4, 0.5) is 5.95 Å². The Labute approximate surface area is 106 Å². The van der Waals surface area contributed by atoms with Gasteiger partial charge < -0.3 is 4.74 Å². The second-order valence-electron chi connectivity index (χ2n) is 2.98. The third-order valence-electron chi connectivity index (χ3n) is 1.90. The molecule has 0 bridgehead atoms. The molecule has 0 aromatic carbocycles. The van der Waals surface area contributed by atoms with Crippen LogP contribution in [0.15, 0.2) is 23.7 Å². The number of hydrogen-bond donors (Lipinski definition) is 1. The maximum absolute atomic E-state index is 11.9. The standard InChI is InChI=1S/C10H8ClN3O2S/c1-16-6-3-5-17-8(6)9(15)14-10-12-4-2-7(11)13-10/h2-5H,1H3,(H,12,13,14,15). The van der Waals surface area contributed by atoms with Gasteiger partial charge >= 0.3 is 0 Å². The minimum absolute atomic E-state index is 0.165. The molecule has 1 amide bonds. The first-order valence-electron chi connectivity index (χ1n) is 4.62. The first kappa shape index (κ1) is 11.8. The van der Waals surface area contributed by atoms with Crippen molar-refractivity contribution in [1.82, 2.24) is 9.97 Å². The zero-order chi connectivity index (χ0) is 12.3. The van der Waals surface area contributed by atoms with Gasteiger partial charge in [-0.2, -0.15) is 0 Å². The fourth-order valence-corrected chi connectivity index (χ4v) is 2.07. The van der Waals surface area contributed by atoms with E-state index in [1.54, 1.807) is 11.4 Å². The van der Waals surface area contributed by atoms with Gasteiger partial charge in [-0.1, -0.05) is 11.6 Å². The second-order valence-corrected chi connectivity index (χ2v) is 4.28. The van der Waals surface area contributed by atoms with E-state index in [-0.39, 0.29) is 17.0 Å². The Morgan fingerprint density at radius 1 is 1.53 bits per heavy atom. The number of anilines is 1. The average Bonchev–Trinajstić information content (AvgIpc) is 2.77. The highest BCUT2D eigenvalue weighted by atomic mass is 35.5. The summed E-state index contributed by atoms with van der Waals surface area (Å²) >= 11 is 6.97. The minimum Gasteiger partial charge on any atom is -0.495 e. The summed E-state index contributed by atoms with van der Waals surface area (Å²) in [4.78, 5) is 20.1. The molecule has 5 nitrogen and oxygen atoms in total. The van der Waals surface area contributed by atoms with Crippen molar-refractivity contribution in [2.45, 2.75) is 0 Å².